The fourth-order valence-corrected chi connectivity index (χ4v) is 2.20. The van der Waals surface area contributed by atoms with Gasteiger partial charge >= 0.3 is 0 Å². The standard InChI is InChI=1S/C15H12FN5O2/c16-10-3-1-2-9(6-10)7-11-4-5-12(17-11)8-13(22)14(23)15-18-20-21-19-15/h1-6,17H,7-8H2,(H,18,19,20,21). The van der Waals surface area contributed by atoms with Crippen molar-refractivity contribution in [1.29, 1.82) is 0 Å². The molecule has 0 aliphatic carbocycles. The molecule has 0 fully saturated rings. The lowest BCUT2D eigenvalue weighted by molar-refractivity contribution is -0.114. The molecule has 0 radical (unpaired) electrons. The second kappa shape index (κ2) is 6.30. The summed E-state index contributed by atoms with van der Waals surface area (Å²) in [6, 6.07) is 9.80. The predicted molar refractivity (Wildman–Crippen MR) is 77.2 cm³/mol. The smallest absolute Gasteiger partial charge is 0.269 e. The Morgan fingerprint density at radius 3 is 2.70 bits per heavy atom. The van der Waals surface area contributed by atoms with Gasteiger partial charge in [0.2, 0.25) is 11.6 Å². The first-order chi connectivity index (χ1) is 11.1. The summed E-state index contributed by atoms with van der Waals surface area (Å²) in [5, 5.41) is 12.3. The molecule has 0 aliphatic rings. The van der Waals surface area contributed by atoms with Crippen molar-refractivity contribution in [1.82, 2.24) is 25.6 Å². The van der Waals surface area contributed by atoms with Crippen molar-refractivity contribution in [3.8, 4) is 0 Å². The molecule has 0 bridgehead atoms. The van der Waals surface area contributed by atoms with Gasteiger partial charge in [-0.05, 0) is 35.0 Å². The van der Waals surface area contributed by atoms with Crippen LogP contribution >= 0.6 is 0 Å². The highest BCUT2D eigenvalue weighted by molar-refractivity contribution is 6.42. The Morgan fingerprint density at radius 1 is 1.13 bits per heavy atom. The number of ketones is 2. The number of hydrogen-bond donors (Lipinski definition) is 2. The molecular formula is C15H12FN5O2. The SMILES string of the molecule is O=C(Cc1ccc(Cc2cccc(F)c2)[nH]1)C(=O)c1nn[nH]n1. The molecule has 0 spiro atoms. The lowest BCUT2D eigenvalue weighted by Gasteiger charge is -2.00. The summed E-state index contributed by atoms with van der Waals surface area (Å²) in [7, 11) is 0. The fraction of sp³-hybridized carbons (Fsp3) is 0.133. The van der Waals surface area contributed by atoms with Crippen molar-refractivity contribution in [2.24, 2.45) is 0 Å². The summed E-state index contributed by atoms with van der Waals surface area (Å²) in [5.41, 5.74) is 2.23. The van der Waals surface area contributed by atoms with Crippen LogP contribution in [0.5, 0.6) is 0 Å². The lowest BCUT2D eigenvalue weighted by atomic mass is 10.1. The fourth-order valence-electron chi connectivity index (χ4n) is 2.20. The van der Waals surface area contributed by atoms with E-state index in [9.17, 15) is 14.0 Å². The van der Waals surface area contributed by atoms with Gasteiger partial charge in [-0.1, -0.05) is 12.1 Å². The van der Waals surface area contributed by atoms with E-state index in [-0.39, 0.29) is 18.1 Å². The first kappa shape index (κ1) is 14.8. The van der Waals surface area contributed by atoms with Crippen LogP contribution in [0.25, 0.3) is 0 Å². The van der Waals surface area contributed by atoms with Crippen molar-refractivity contribution in [2.75, 3.05) is 0 Å². The van der Waals surface area contributed by atoms with Crippen molar-refractivity contribution >= 4 is 11.6 Å². The van der Waals surface area contributed by atoms with Crippen molar-refractivity contribution in [3.05, 3.63) is 65.0 Å². The second-order valence-corrected chi connectivity index (χ2v) is 4.98. The zero-order valence-corrected chi connectivity index (χ0v) is 11.9. The Balaban J connectivity index is 1.65. The third-order valence-electron chi connectivity index (χ3n) is 3.24. The van der Waals surface area contributed by atoms with E-state index in [4.69, 9.17) is 0 Å². The van der Waals surface area contributed by atoms with Gasteiger partial charge in [0.25, 0.3) is 5.78 Å². The number of H-pyrrole nitrogens is 2. The average Bonchev–Trinajstić information content (AvgIpc) is 3.18. The van der Waals surface area contributed by atoms with Gasteiger partial charge in [0, 0.05) is 17.8 Å². The normalized spacial score (nSPS) is 10.7. The highest BCUT2D eigenvalue weighted by Crippen LogP contribution is 2.12. The maximum atomic E-state index is 13.2. The van der Waals surface area contributed by atoms with E-state index < -0.39 is 11.6 Å². The number of aromatic nitrogens is 5. The average molecular weight is 313 g/mol. The van der Waals surface area contributed by atoms with Gasteiger partial charge in [0.1, 0.15) is 5.82 Å². The number of nitrogens with one attached hydrogen (secondary N) is 2. The molecule has 0 saturated carbocycles. The van der Waals surface area contributed by atoms with Gasteiger partial charge in [-0.3, -0.25) is 9.59 Å². The molecule has 2 heterocycles. The minimum atomic E-state index is -0.792. The maximum absolute atomic E-state index is 13.2. The summed E-state index contributed by atoms with van der Waals surface area (Å²) in [4.78, 5) is 26.7. The molecule has 0 amide bonds. The van der Waals surface area contributed by atoms with Crippen LogP contribution in [-0.2, 0) is 17.6 Å². The number of carbonyl (C=O) groups is 2. The monoisotopic (exact) mass is 313 g/mol. The minimum Gasteiger partial charge on any atom is -0.362 e. The zero-order chi connectivity index (χ0) is 16.2. The quantitative estimate of drug-likeness (QED) is 0.526. The topological polar surface area (TPSA) is 104 Å². The molecule has 3 rings (SSSR count). The predicted octanol–water partition coefficient (Wildman–Crippen LogP) is 1.25. The molecule has 23 heavy (non-hydrogen) atoms. The first-order valence-corrected chi connectivity index (χ1v) is 6.84. The minimum absolute atomic E-state index is 0.0868. The number of tetrazole rings is 1. The van der Waals surface area contributed by atoms with Crippen LogP contribution in [0.3, 0.4) is 0 Å². The second-order valence-electron chi connectivity index (χ2n) is 4.98. The number of carbonyl (C=O) groups excluding carboxylic acids is 2. The van der Waals surface area contributed by atoms with E-state index in [2.05, 4.69) is 25.6 Å². The Hall–Kier alpha value is -3.16. The van der Waals surface area contributed by atoms with Crippen LogP contribution < -0.4 is 0 Å². The summed E-state index contributed by atoms with van der Waals surface area (Å²) in [6.07, 6.45) is 0.418. The van der Waals surface area contributed by atoms with E-state index in [0.717, 1.165) is 11.3 Å². The first-order valence-electron chi connectivity index (χ1n) is 6.84. The summed E-state index contributed by atoms with van der Waals surface area (Å²) < 4.78 is 13.2. The zero-order valence-electron chi connectivity index (χ0n) is 11.9. The Morgan fingerprint density at radius 2 is 1.96 bits per heavy atom. The van der Waals surface area contributed by atoms with E-state index >= 15 is 0 Å². The molecule has 0 saturated heterocycles. The van der Waals surface area contributed by atoms with E-state index in [0.29, 0.717) is 12.1 Å². The number of nitrogens with zero attached hydrogens (tertiary/aromatic N) is 3. The van der Waals surface area contributed by atoms with Gasteiger partial charge in [-0.2, -0.15) is 5.21 Å². The van der Waals surface area contributed by atoms with E-state index in [1.807, 2.05) is 6.07 Å². The van der Waals surface area contributed by atoms with Gasteiger partial charge in [-0.25, -0.2) is 4.39 Å². The summed E-state index contributed by atoms with van der Waals surface area (Å²) in [6.45, 7) is 0. The number of Topliss-reactive ketones (excluding diaryl/α,β-unsaturated/α-hetero) is 2. The Kier molecular flexibility index (Phi) is 4.05. The number of aromatic amines is 2. The van der Waals surface area contributed by atoms with Gasteiger partial charge in [-0.15, -0.1) is 10.2 Å². The molecule has 0 unspecified atom stereocenters. The van der Waals surface area contributed by atoms with Crippen LogP contribution in [0.15, 0.2) is 36.4 Å². The van der Waals surface area contributed by atoms with Crippen molar-refractivity contribution < 1.29 is 14.0 Å². The van der Waals surface area contributed by atoms with Crippen LogP contribution in [-0.4, -0.2) is 37.2 Å². The van der Waals surface area contributed by atoms with Crippen molar-refractivity contribution in [2.45, 2.75) is 12.8 Å². The highest BCUT2D eigenvalue weighted by Gasteiger charge is 2.21. The van der Waals surface area contributed by atoms with E-state index in [1.54, 1.807) is 18.2 Å². The third-order valence-corrected chi connectivity index (χ3v) is 3.24. The third kappa shape index (κ3) is 3.54. The Bertz CT molecular complexity index is 841. The Labute approximate surface area is 129 Å². The summed E-state index contributed by atoms with van der Waals surface area (Å²) >= 11 is 0. The largest absolute Gasteiger partial charge is 0.362 e. The summed E-state index contributed by atoms with van der Waals surface area (Å²) in [5.74, 6) is -1.97. The molecule has 2 aromatic heterocycles. The number of halogens is 1. The van der Waals surface area contributed by atoms with Gasteiger partial charge in [0.15, 0.2) is 0 Å². The molecular weight excluding hydrogens is 301 g/mol. The van der Waals surface area contributed by atoms with Crippen LogP contribution in [0.2, 0.25) is 0 Å². The maximum Gasteiger partial charge on any atom is 0.269 e. The number of benzene rings is 1. The van der Waals surface area contributed by atoms with Gasteiger partial charge < -0.3 is 4.98 Å². The lowest BCUT2D eigenvalue weighted by Crippen LogP contribution is -2.18. The molecule has 0 aliphatic heterocycles. The molecule has 0 atom stereocenters. The number of rotatable bonds is 6. The molecule has 7 nitrogen and oxygen atoms in total. The van der Waals surface area contributed by atoms with Gasteiger partial charge in [0.05, 0.1) is 6.42 Å². The highest BCUT2D eigenvalue weighted by atomic mass is 19.1. The van der Waals surface area contributed by atoms with Crippen LogP contribution in [0, 0.1) is 5.82 Å². The van der Waals surface area contributed by atoms with E-state index in [1.165, 1.54) is 12.1 Å². The molecule has 3 aromatic rings. The van der Waals surface area contributed by atoms with Crippen molar-refractivity contribution in [3.63, 3.8) is 0 Å². The van der Waals surface area contributed by atoms with Crippen LogP contribution in [0.4, 0.5) is 4.39 Å². The number of hydrogen-bond acceptors (Lipinski definition) is 5. The van der Waals surface area contributed by atoms with Crippen LogP contribution in [0.1, 0.15) is 27.6 Å². The molecule has 2 N–H and O–H groups in total. The molecule has 116 valence electrons. The molecule has 1 aromatic carbocycles. The molecule has 8 heteroatoms.